The van der Waals surface area contributed by atoms with Gasteiger partial charge in [0.1, 0.15) is 11.7 Å². The molecule has 0 fully saturated rings. The van der Waals surface area contributed by atoms with Crippen molar-refractivity contribution in [1.82, 2.24) is 9.29 Å². The van der Waals surface area contributed by atoms with Crippen molar-refractivity contribution in [1.29, 1.82) is 0 Å². The second-order valence-corrected chi connectivity index (χ2v) is 8.63. The van der Waals surface area contributed by atoms with Crippen LogP contribution >= 0.6 is 11.6 Å². The van der Waals surface area contributed by atoms with Crippen LogP contribution in [0.3, 0.4) is 0 Å². The van der Waals surface area contributed by atoms with Gasteiger partial charge in [-0.3, -0.25) is 9.52 Å². The SMILES string of the molecule is CC(NS(=O)(=O)Nc1c(Cl)c(C(=O)Nc2ccc(F)c(F)c2)n2c1CCC2)C(F)(F)F. The molecule has 2 aromatic rings. The van der Waals surface area contributed by atoms with Crippen LogP contribution in [0.4, 0.5) is 33.3 Å². The summed E-state index contributed by atoms with van der Waals surface area (Å²) in [6.45, 7) is 0.926. The fraction of sp³-hybridized carbons (Fsp3) is 0.353. The van der Waals surface area contributed by atoms with Crippen molar-refractivity contribution >= 4 is 39.1 Å². The molecule has 1 aliphatic heterocycles. The Balaban J connectivity index is 1.90. The number of benzene rings is 1. The summed E-state index contributed by atoms with van der Waals surface area (Å²) in [7, 11) is -4.68. The molecule has 14 heteroatoms. The van der Waals surface area contributed by atoms with Crippen molar-refractivity contribution in [3.63, 3.8) is 0 Å². The number of hydrogen-bond donors (Lipinski definition) is 3. The van der Waals surface area contributed by atoms with Crippen LogP contribution in [-0.2, 0) is 23.2 Å². The number of nitrogens with zero attached hydrogens (tertiary/aromatic N) is 1. The number of hydrogen-bond acceptors (Lipinski definition) is 3. The molecular formula is C17H16ClF5N4O3S. The van der Waals surface area contributed by atoms with Crippen LogP contribution in [-0.4, -0.2) is 31.1 Å². The zero-order valence-corrected chi connectivity index (χ0v) is 17.4. The molecule has 0 radical (unpaired) electrons. The van der Waals surface area contributed by atoms with Gasteiger partial charge in [-0.05, 0) is 31.9 Å². The van der Waals surface area contributed by atoms with E-state index < -0.39 is 40.0 Å². The topological polar surface area (TPSA) is 92.2 Å². The molecule has 31 heavy (non-hydrogen) atoms. The van der Waals surface area contributed by atoms with Crippen LogP contribution in [0.2, 0.25) is 5.02 Å². The lowest BCUT2D eigenvalue weighted by molar-refractivity contribution is -0.147. The Hall–Kier alpha value is -2.38. The van der Waals surface area contributed by atoms with E-state index in [4.69, 9.17) is 11.6 Å². The Labute approximate surface area is 178 Å². The number of alkyl halides is 3. The standard InChI is InChI=1S/C17H16ClF5N4O3S/c1-8(17(21,22)23)25-31(29,30)26-14-12-3-2-6-27(12)15(13(14)18)16(28)24-9-4-5-10(19)11(20)7-9/h4-5,7-8,25-26H,2-3,6H2,1H3,(H,24,28). The van der Waals surface area contributed by atoms with Crippen LogP contribution in [0, 0.1) is 11.6 Å². The minimum atomic E-state index is -4.81. The first-order valence-corrected chi connectivity index (χ1v) is 10.7. The summed E-state index contributed by atoms with van der Waals surface area (Å²) in [6.07, 6.45) is -3.97. The van der Waals surface area contributed by atoms with E-state index in [9.17, 15) is 35.2 Å². The average Bonchev–Trinajstić information content (AvgIpc) is 3.19. The molecule has 0 saturated carbocycles. The fourth-order valence-corrected chi connectivity index (χ4v) is 4.65. The summed E-state index contributed by atoms with van der Waals surface area (Å²) in [6, 6.07) is 0.309. The summed E-state index contributed by atoms with van der Waals surface area (Å²) in [4.78, 5) is 12.7. The molecule has 0 saturated heterocycles. The van der Waals surface area contributed by atoms with E-state index in [1.165, 1.54) is 9.29 Å². The Morgan fingerprint density at radius 3 is 2.52 bits per heavy atom. The summed E-state index contributed by atoms with van der Waals surface area (Å²) < 4.78 is 93.7. The second kappa shape index (κ2) is 8.28. The molecule has 0 spiro atoms. The van der Waals surface area contributed by atoms with Gasteiger partial charge in [0.05, 0.1) is 10.7 Å². The highest BCUT2D eigenvalue weighted by Gasteiger charge is 2.39. The normalized spacial score (nSPS) is 14.9. The first kappa shape index (κ1) is 23.3. The Kier molecular flexibility index (Phi) is 6.22. The lowest BCUT2D eigenvalue weighted by atomic mass is 10.2. The monoisotopic (exact) mass is 486 g/mol. The molecule has 7 nitrogen and oxygen atoms in total. The summed E-state index contributed by atoms with van der Waals surface area (Å²) in [5.41, 5.74) is -0.154. The van der Waals surface area contributed by atoms with Gasteiger partial charge in [0, 0.05) is 24.0 Å². The maximum atomic E-state index is 13.4. The van der Waals surface area contributed by atoms with Crippen LogP contribution in [0.15, 0.2) is 18.2 Å². The molecule has 1 aliphatic rings. The maximum Gasteiger partial charge on any atom is 0.404 e. The van der Waals surface area contributed by atoms with E-state index >= 15 is 0 Å². The Morgan fingerprint density at radius 2 is 1.90 bits per heavy atom. The molecule has 3 rings (SSSR count). The molecule has 170 valence electrons. The van der Waals surface area contributed by atoms with E-state index in [0.29, 0.717) is 32.0 Å². The second-order valence-electron chi connectivity index (χ2n) is 6.81. The smallest absolute Gasteiger partial charge is 0.337 e. The predicted octanol–water partition coefficient (Wildman–Crippen LogP) is 3.82. The van der Waals surface area contributed by atoms with Gasteiger partial charge in [-0.2, -0.15) is 26.3 Å². The number of rotatable bonds is 6. The summed E-state index contributed by atoms with van der Waals surface area (Å²) in [5, 5.41) is 2.00. The number of nitrogens with one attached hydrogen (secondary N) is 3. The zero-order valence-electron chi connectivity index (χ0n) is 15.8. The van der Waals surface area contributed by atoms with Gasteiger partial charge in [0.25, 0.3) is 16.1 Å². The van der Waals surface area contributed by atoms with Crippen LogP contribution in [0.25, 0.3) is 0 Å². The lowest BCUT2D eigenvalue weighted by Crippen LogP contribution is -2.45. The number of aromatic nitrogens is 1. The van der Waals surface area contributed by atoms with E-state index in [1.807, 2.05) is 4.72 Å². The molecule has 2 heterocycles. The summed E-state index contributed by atoms with van der Waals surface area (Å²) >= 11 is 6.20. The number of anilines is 2. The number of fused-ring (bicyclic) bond motifs is 1. The van der Waals surface area contributed by atoms with E-state index in [-0.39, 0.29) is 22.1 Å². The zero-order chi connectivity index (χ0) is 23.1. The third-order valence-electron chi connectivity index (χ3n) is 4.56. The number of amides is 1. The Morgan fingerprint density at radius 1 is 1.23 bits per heavy atom. The van der Waals surface area contributed by atoms with E-state index in [2.05, 4.69) is 5.32 Å². The molecule has 1 amide bonds. The van der Waals surface area contributed by atoms with Crippen molar-refractivity contribution in [3.8, 4) is 0 Å². The maximum absolute atomic E-state index is 13.4. The van der Waals surface area contributed by atoms with Gasteiger partial charge < -0.3 is 9.88 Å². The number of halogens is 6. The first-order valence-electron chi connectivity index (χ1n) is 8.84. The third-order valence-corrected chi connectivity index (χ3v) is 6.06. The molecule has 0 aliphatic carbocycles. The largest absolute Gasteiger partial charge is 0.404 e. The molecule has 1 unspecified atom stereocenters. The highest BCUT2D eigenvalue weighted by molar-refractivity contribution is 7.90. The van der Waals surface area contributed by atoms with Gasteiger partial charge in [-0.15, -0.1) is 0 Å². The van der Waals surface area contributed by atoms with Crippen LogP contribution in [0.1, 0.15) is 29.5 Å². The van der Waals surface area contributed by atoms with E-state index in [1.54, 1.807) is 0 Å². The molecule has 1 atom stereocenters. The number of carbonyl (C=O) groups excluding carboxylic acids is 1. The third kappa shape index (κ3) is 4.93. The van der Waals surface area contributed by atoms with Gasteiger partial charge in [0.2, 0.25) is 0 Å². The van der Waals surface area contributed by atoms with Crippen molar-refractivity contribution in [3.05, 3.63) is 46.2 Å². The van der Waals surface area contributed by atoms with Crippen molar-refractivity contribution < 1.29 is 35.2 Å². The lowest BCUT2D eigenvalue weighted by Gasteiger charge is -2.18. The first-order chi connectivity index (χ1) is 14.3. The molecule has 0 bridgehead atoms. The van der Waals surface area contributed by atoms with Crippen LogP contribution < -0.4 is 14.8 Å². The van der Waals surface area contributed by atoms with Gasteiger partial charge >= 0.3 is 6.18 Å². The fourth-order valence-electron chi connectivity index (χ4n) is 3.10. The predicted molar refractivity (Wildman–Crippen MR) is 103 cm³/mol. The molecule has 1 aromatic heterocycles. The quantitative estimate of drug-likeness (QED) is 0.542. The number of carbonyl (C=O) groups is 1. The molecular weight excluding hydrogens is 471 g/mol. The van der Waals surface area contributed by atoms with Crippen molar-refractivity contribution in [2.45, 2.75) is 38.5 Å². The van der Waals surface area contributed by atoms with Gasteiger partial charge in [-0.1, -0.05) is 11.6 Å². The minimum Gasteiger partial charge on any atom is -0.337 e. The average molecular weight is 487 g/mol. The van der Waals surface area contributed by atoms with E-state index in [0.717, 1.165) is 18.2 Å². The van der Waals surface area contributed by atoms with Gasteiger partial charge in [0.15, 0.2) is 11.6 Å². The summed E-state index contributed by atoms with van der Waals surface area (Å²) in [5.74, 6) is -3.14. The van der Waals surface area contributed by atoms with Crippen molar-refractivity contribution in [2.24, 2.45) is 0 Å². The highest BCUT2D eigenvalue weighted by atomic mass is 35.5. The Bertz CT molecular complexity index is 1130. The van der Waals surface area contributed by atoms with Crippen LogP contribution in [0.5, 0.6) is 0 Å². The molecule has 3 N–H and O–H groups in total. The highest BCUT2D eigenvalue weighted by Crippen LogP contribution is 2.38. The van der Waals surface area contributed by atoms with Crippen molar-refractivity contribution in [2.75, 3.05) is 10.0 Å². The molecule has 1 aromatic carbocycles. The minimum absolute atomic E-state index is 0.0729. The van der Waals surface area contributed by atoms with Gasteiger partial charge in [-0.25, -0.2) is 8.78 Å².